The molecule has 3 rings (SSSR count). The van der Waals surface area contributed by atoms with E-state index in [1.807, 2.05) is 6.92 Å². The van der Waals surface area contributed by atoms with E-state index >= 15 is 0 Å². The first kappa shape index (κ1) is 19.2. The highest BCUT2D eigenvalue weighted by molar-refractivity contribution is 6.13. The lowest BCUT2D eigenvalue weighted by Gasteiger charge is -2.42. The average molecular weight is 365 g/mol. The molecule has 27 heavy (non-hydrogen) atoms. The molecule has 0 amide bonds. The summed E-state index contributed by atoms with van der Waals surface area (Å²) in [7, 11) is 0. The minimum atomic E-state index is -0.974. The number of hydrogen-bond donors (Lipinski definition) is 2. The average Bonchev–Trinajstić information content (AvgIpc) is 2.61. The molecule has 0 heterocycles. The standard InChI is InChI=1S/C23H27NO3/c1-14-12-18-19(23(4,5)11-10-22(18,2)3)13-17(14)20(24-27)15-6-8-16(9-7-15)21(25)26/h6-9,12-13,27H,10-11H2,1-5H3,(H,25,26)/b24-20-. The molecule has 0 bridgehead atoms. The molecule has 0 aromatic heterocycles. The van der Waals surface area contributed by atoms with Crippen LogP contribution in [-0.2, 0) is 10.8 Å². The maximum Gasteiger partial charge on any atom is 0.335 e. The van der Waals surface area contributed by atoms with Crippen molar-refractivity contribution in [2.45, 2.75) is 58.3 Å². The van der Waals surface area contributed by atoms with Crippen molar-refractivity contribution < 1.29 is 15.1 Å². The number of benzene rings is 2. The van der Waals surface area contributed by atoms with Crippen molar-refractivity contribution in [2.24, 2.45) is 5.16 Å². The van der Waals surface area contributed by atoms with Crippen LogP contribution in [0, 0.1) is 6.92 Å². The molecule has 0 saturated heterocycles. The summed E-state index contributed by atoms with van der Waals surface area (Å²) in [6, 6.07) is 10.8. The molecule has 4 nitrogen and oxygen atoms in total. The van der Waals surface area contributed by atoms with E-state index in [1.54, 1.807) is 12.1 Å². The number of nitrogens with zero attached hydrogens (tertiary/aromatic N) is 1. The number of hydrogen-bond acceptors (Lipinski definition) is 3. The highest BCUT2D eigenvalue weighted by Crippen LogP contribution is 2.46. The smallest absolute Gasteiger partial charge is 0.335 e. The number of aryl methyl sites for hydroxylation is 1. The molecular formula is C23H27NO3. The highest BCUT2D eigenvalue weighted by Gasteiger charge is 2.37. The number of aromatic carboxylic acids is 1. The van der Waals surface area contributed by atoms with Gasteiger partial charge in [-0.1, -0.05) is 51.0 Å². The molecule has 0 aliphatic heterocycles. The number of carbonyl (C=O) groups is 1. The molecule has 2 aromatic rings. The van der Waals surface area contributed by atoms with Crippen LogP contribution < -0.4 is 0 Å². The van der Waals surface area contributed by atoms with Gasteiger partial charge in [0, 0.05) is 11.1 Å². The number of oxime groups is 1. The van der Waals surface area contributed by atoms with E-state index in [4.69, 9.17) is 5.11 Å². The maximum absolute atomic E-state index is 11.1. The third-order valence-electron chi connectivity index (χ3n) is 5.96. The van der Waals surface area contributed by atoms with Crippen molar-refractivity contribution in [2.75, 3.05) is 0 Å². The van der Waals surface area contributed by atoms with E-state index < -0.39 is 5.97 Å². The molecule has 1 aliphatic rings. The van der Waals surface area contributed by atoms with Crippen LogP contribution in [0.2, 0.25) is 0 Å². The lowest BCUT2D eigenvalue weighted by Crippen LogP contribution is -2.34. The van der Waals surface area contributed by atoms with Crippen LogP contribution in [-0.4, -0.2) is 22.0 Å². The minimum absolute atomic E-state index is 0.0566. The summed E-state index contributed by atoms with van der Waals surface area (Å²) in [5.74, 6) is -0.974. The molecule has 0 radical (unpaired) electrons. The van der Waals surface area contributed by atoms with Gasteiger partial charge in [-0.05, 0) is 65.5 Å². The number of fused-ring (bicyclic) bond motifs is 1. The largest absolute Gasteiger partial charge is 0.478 e. The third kappa shape index (κ3) is 3.36. The first-order chi connectivity index (χ1) is 12.6. The van der Waals surface area contributed by atoms with Crippen molar-refractivity contribution in [1.82, 2.24) is 0 Å². The van der Waals surface area contributed by atoms with Crippen LogP contribution in [0.3, 0.4) is 0 Å². The van der Waals surface area contributed by atoms with Gasteiger partial charge in [-0.2, -0.15) is 0 Å². The number of rotatable bonds is 3. The van der Waals surface area contributed by atoms with Gasteiger partial charge in [-0.25, -0.2) is 4.79 Å². The number of carboxylic acids is 1. The molecule has 142 valence electrons. The molecule has 0 spiro atoms. The van der Waals surface area contributed by atoms with E-state index in [-0.39, 0.29) is 16.4 Å². The second-order valence-corrected chi connectivity index (χ2v) is 8.81. The molecule has 2 aromatic carbocycles. The maximum atomic E-state index is 11.1. The Bertz CT molecular complexity index is 921. The monoisotopic (exact) mass is 365 g/mol. The fraction of sp³-hybridized carbons (Fsp3) is 0.391. The molecule has 2 N–H and O–H groups in total. The summed E-state index contributed by atoms with van der Waals surface area (Å²) >= 11 is 0. The fourth-order valence-corrected chi connectivity index (χ4v) is 4.02. The van der Waals surface area contributed by atoms with Gasteiger partial charge in [0.1, 0.15) is 5.71 Å². The zero-order valence-corrected chi connectivity index (χ0v) is 16.6. The summed E-state index contributed by atoms with van der Waals surface area (Å²) in [4.78, 5) is 11.1. The first-order valence-electron chi connectivity index (χ1n) is 9.28. The molecule has 0 fully saturated rings. The van der Waals surface area contributed by atoms with E-state index in [0.29, 0.717) is 11.3 Å². The Morgan fingerprint density at radius 3 is 1.89 bits per heavy atom. The van der Waals surface area contributed by atoms with Gasteiger partial charge in [-0.15, -0.1) is 0 Å². The zero-order valence-electron chi connectivity index (χ0n) is 16.6. The summed E-state index contributed by atoms with van der Waals surface area (Å²) in [6.45, 7) is 11.1. The summed E-state index contributed by atoms with van der Waals surface area (Å²) < 4.78 is 0. The van der Waals surface area contributed by atoms with Gasteiger partial charge < -0.3 is 10.3 Å². The summed E-state index contributed by atoms with van der Waals surface area (Å²) in [6.07, 6.45) is 2.25. The van der Waals surface area contributed by atoms with Crippen molar-refractivity contribution >= 4 is 11.7 Å². The highest BCUT2D eigenvalue weighted by atomic mass is 16.4. The molecule has 0 saturated carbocycles. The van der Waals surface area contributed by atoms with Crippen LogP contribution in [0.15, 0.2) is 41.6 Å². The second kappa shape index (κ2) is 6.52. The second-order valence-electron chi connectivity index (χ2n) is 8.81. The van der Waals surface area contributed by atoms with Crippen molar-refractivity contribution in [1.29, 1.82) is 0 Å². The Labute approximate surface area is 160 Å². The zero-order chi connectivity index (χ0) is 20.0. The van der Waals surface area contributed by atoms with Gasteiger partial charge in [0.25, 0.3) is 0 Å². The molecular weight excluding hydrogens is 338 g/mol. The van der Waals surface area contributed by atoms with E-state index in [9.17, 15) is 10.0 Å². The van der Waals surface area contributed by atoms with E-state index in [1.165, 1.54) is 23.3 Å². The van der Waals surface area contributed by atoms with Crippen molar-refractivity contribution in [3.63, 3.8) is 0 Å². The topological polar surface area (TPSA) is 69.9 Å². The van der Waals surface area contributed by atoms with Gasteiger partial charge >= 0.3 is 5.97 Å². The Balaban J connectivity index is 2.15. The SMILES string of the molecule is Cc1cc2c(cc1/C(=N\O)c1ccc(C(=O)O)cc1)C(C)(C)CCC2(C)C. The predicted octanol–water partition coefficient (Wildman–Crippen LogP) is 5.27. The Kier molecular flexibility index (Phi) is 4.62. The Morgan fingerprint density at radius 1 is 0.926 bits per heavy atom. The lowest BCUT2D eigenvalue weighted by atomic mass is 9.62. The third-order valence-corrected chi connectivity index (χ3v) is 5.96. The summed E-state index contributed by atoms with van der Waals surface area (Å²) in [5, 5.41) is 22.4. The van der Waals surface area contributed by atoms with Crippen LogP contribution in [0.4, 0.5) is 0 Å². The van der Waals surface area contributed by atoms with Crippen molar-refractivity contribution in [3.8, 4) is 0 Å². The van der Waals surface area contributed by atoms with Crippen LogP contribution in [0.25, 0.3) is 0 Å². The normalized spacial score (nSPS) is 18.0. The predicted molar refractivity (Wildman–Crippen MR) is 107 cm³/mol. The van der Waals surface area contributed by atoms with Crippen LogP contribution in [0.5, 0.6) is 0 Å². The van der Waals surface area contributed by atoms with Crippen molar-refractivity contribution in [3.05, 3.63) is 69.8 Å². The molecule has 4 heteroatoms. The van der Waals surface area contributed by atoms with E-state index in [0.717, 1.165) is 24.0 Å². The Hall–Kier alpha value is -2.62. The Morgan fingerprint density at radius 2 is 1.41 bits per heavy atom. The molecule has 1 aliphatic carbocycles. The van der Waals surface area contributed by atoms with Crippen LogP contribution >= 0.6 is 0 Å². The first-order valence-corrected chi connectivity index (χ1v) is 9.28. The molecule has 0 atom stereocenters. The van der Waals surface area contributed by atoms with Gasteiger partial charge in [0.2, 0.25) is 0 Å². The molecule has 0 unspecified atom stereocenters. The lowest BCUT2D eigenvalue weighted by molar-refractivity contribution is 0.0697. The van der Waals surface area contributed by atoms with Crippen LogP contribution in [0.1, 0.15) is 78.7 Å². The quantitative estimate of drug-likeness (QED) is 0.442. The van der Waals surface area contributed by atoms with Gasteiger partial charge in [0.05, 0.1) is 5.56 Å². The van der Waals surface area contributed by atoms with Gasteiger partial charge in [-0.3, -0.25) is 0 Å². The van der Waals surface area contributed by atoms with Gasteiger partial charge in [0.15, 0.2) is 0 Å². The number of carboxylic acid groups (broad SMARTS) is 1. The fourth-order valence-electron chi connectivity index (χ4n) is 4.02. The summed E-state index contributed by atoms with van der Waals surface area (Å²) in [5.41, 5.74) is 6.13. The van der Waals surface area contributed by atoms with E-state index in [2.05, 4.69) is 45.0 Å². The minimum Gasteiger partial charge on any atom is -0.478 e.